The quantitative estimate of drug-likeness (QED) is 0.628. The molecular formula is C22H24O9. The Balaban J connectivity index is 1.99. The van der Waals surface area contributed by atoms with Crippen LogP contribution in [0.5, 0.6) is 28.7 Å². The van der Waals surface area contributed by atoms with Gasteiger partial charge in [-0.1, -0.05) is 0 Å². The van der Waals surface area contributed by atoms with Gasteiger partial charge in [0.2, 0.25) is 12.5 Å². The second-order valence-corrected chi connectivity index (χ2v) is 7.43. The molecule has 9 nitrogen and oxygen atoms in total. The molecule has 3 N–H and O–H groups in total. The van der Waals surface area contributed by atoms with Crippen LogP contribution in [0.25, 0.3) is 0 Å². The standard InChI is InChI=1S/C22H24O9/c1-27-16-4-10(5-17(28-2)21(16)29-3)18-11-6-14-15(31-9-30-14)7-12(11)20(24)13(8-23)19(18)22(25)26/h4-7,13,18-20,23-24H,8-9H2,1-3H3,(H,25,26). The molecule has 2 aromatic rings. The van der Waals surface area contributed by atoms with Crippen molar-refractivity contribution in [2.75, 3.05) is 34.7 Å². The highest BCUT2D eigenvalue weighted by Gasteiger charge is 2.47. The Labute approximate surface area is 178 Å². The van der Waals surface area contributed by atoms with Crippen molar-refractivity contribution >= 4 is 5.97 Å². The van der Waals surface area contributed by atoms with Crippen molar-refractivity contribution in [2.45, 2.75) is 12.0 Å². The maximum atomic E-state index is 12.4. The van der Waals surface area contributed by atoms with Gasteiger partial charge < -0.3 is 39.0 Å². The van der Waals surface area contributed by atoms with Crippen molar-refractivity contribution in [3.63, 3.8) is 0 Å². The van der Waals surface area contributed by atoms with Gasteiger partial charge in [-0.05, 0) is 41.0 Å². The first kappa shape index (κ1) is 21.1. The maximum Gasteiger partial charge on any atom is 0.307 e. The summed E-state index contributed by atoms with van der Waals surface area (Å²) in [5.74, 6) is -1.87. The average Bonchev–Trinajstić information content (AvgIpc) is 3.24. The highest BCUT2D eigenvalue weighted by molar-refractivity contribution is 5.75. The highest BCUT2D eigenvalue weighted by Crippen LogP contribution is 2.53. The molecule has 0 fully saturated rings. The van der Waals surface area contributed by atoms with Crippen LogP contribution in [0, 0.1) is 11.8 Å². The SMILES string of the molecule is COc1cc(C2c3cc4c(cc3C(O)C(CO)C2C(=O)O)OCO4)cc(OC)c1OC. The summed E-state index contributed by atoms with van der Waals surface area (Å²) in [6, 6.07) is 6.71. The third-order valence-electron chi connectivity index (χ3n) is 6.00. The maximum absolute atomic E-state index is 12.4. The summed E-state index contributed by atoms with van der Waals surface area (Å²) in [5.41, 5.74) is 1.63. The van der Waals surface area contributed by atoms with Crippen LogP contribution < -0.4 is 23.7 Å². The Morgan fingerprint density at radius 3 is 2.06 bits per heavy atom. The lowest BCUT2D eigenvalue weighted by molar-refractivity contribution is -0.148. The van der Waals surface area contributed by atoms with Crippen molar-refractivity contribution in [1.29, 1.82) is 0 Å². The van der Waals surface area contributed by atoms with Crippen molar-refractivity contribution in [3.8, 4) is 28.7 Å². The van der Waals surface area contributed by atoms with Crippen molar-refractivity contribution < 1.29 is 43.8 Å². The summed E-state index contributed by atoms with van der Waals surface area (Å²) < 4.78 is 27.2. The van der Waals surface area contributed by atoms with Gasteiger partial charge in [0.05, 0.1) is 33.4 Å². The molecule has 4 rings (SSSR count). The van der Waals surface area contributed by atoms with E-state index in [1.54, 1.807) is 24.3 Å². The number of ether oxygens (including phenoxy) is 5. The summed E-state index contributed by atoms with van der Waals surface area (Å²) in [5, 5.41) is 31.0. The number of methoxy groups -OCH3 is 3. The van der Waals surface area contributed by atoms with Crippen LogP contribution in [0.3, 0.4) is 0 Å². The predicted octanol–water partition coefficient (Wildman–Crippen LogP) is 1.93. The number of carboxylic acids is 1. The molecule has 9 heteroatoms. The summed E-state index contributed by atoms with van der Waals surface area (Å²) >= 11 is 0. The van der Waals surface area contributed by atoms with Crippen LogP contribution in [0.4, 0.5) is 0 Å². The van der Waals surface area contributed by atoms with Gasteiger partial charge in [-0.2, -0.15) is 0 Å². The molecule has 2 aromatic carbocycles. The number of hydrogen-bond donors (Lipinski definition) is 3. The van der Waals surface area contributed by atoms with Gasteiger partial charge in [-0.15, -0.1) is 0 Å². The number of carbonyl (C=O) groups is 1. The van der Waals surface area contributed by atoms with Gasteiger partial charge in [0.25, 0.3) is 0 Å². The van der Waals surface area contributed by atoms with E-state index in [4.69, 9.17) is 23.7 Å². The van der Waals surface area contributed by atoms with Gasteiger partial charge >= 0.3 is 5.97 Å². The zero-order valence-corrected chi connectivity index (χ0v) is 17.3. The number of aliphatic carboxylic acids is 1. The zero-order valence-electron chi connectivity index (χ0n) is 17.3. The van der Waals surface area contributed by atoms with E-state index in [9.17, 15) is 20.1 Å². The lowest BCUT2D eigenvalue weighted by Crippen LogP contribution is -2.40. The van der Waals surface area contributed by atoms with Gasteiger partial charge in [-0.3, -0.25) is 4.79 Å². The number of rotatable bonds is 6. The first-order chi connectivity index (χ1) is 14.9. The van der Waals surface area contributed by atoms with Crippen LogP contribution in [0.1, 0.15) is 28.7 Å². The molecule has 31 heavy (non-hydrogen) atoms. The minimum atomic E-state index is -1.19. The summed E-state index contributed by atoms with van der Waals surface area (Å²) in [7, 11) is 4.43. The normalized spacial score (nSPS) is 23.8. The lowest BCUT2D eigenvalue weighted by Gasteiger charge is -2.40. The largest absolute Gasteiger partial charge is 0.493 e. The van der Waals surface area contributed by atoms with E-state index in [2.05, 4.69) is 0 Å². The number of aliphatic hydroxyl groups is 2. The zero-order chi connectivity index (χ0) is 22.3. The van der Waals surface area contributed by atoms with Gasteiger partial charge in [-0.25, -0.2) is 0 Å². The Bertz CT molecular complexity index is 978. The monoisotopic (exact) mass is 432 g/mol. The fourth-order valence-electron chi connectivity index (χ4n) is 4.57. The van der Waals surface area contributed by atoms with E-state index in [-0.39, 0.29) is 6.79 Å². The second-order valence-electron chi connectivity index (χ2n) is 7.43. The first-order valence-electron chi connectivity index (χ1n) is 9.70. The molecule has 0 radical (unpaired) electrons. The first-order valence-corrected chi connectivity index (χ1v) is 9.70. The van der Waals surface area contributed by atoms with Crippen molar-refractivity contribution in [3.05, 3.63) is 41.0 Å². The fraction of sp³-hybridized carbons (Fsp3) is 0.409. The van der Waals surface area contributed by atoms with Gasteiger partial charge in [0.1, 0.15) is 0 Å². The smallest absolute Gasteiger partial charge is 0.307 e. The number of fused-ring (bicyclic) bond motifs is 2. The van der Waals surface area contributed by atoms with Gasteiger partial charge in [0, 0.05) is 18.4 Å². The minimum Gasteiger partial charge on any atom is -0.493 e. The summed E-state index contributed by atoms with van der Waals surface area (Å²) in [4.78, 5) is 12.4. The molecule has 1 aliphatic heterocycles. The number of benzene rings is 2. The average molecular weight is 432 g/mol. The Hall–Kier alpha value is -3.17. The molecule has 4 unspecified atom stereocenters. The number of carboxylic acid groups (broad SMARTS) is 1. The predicted molar refractivity (Wildman–Crippen MR) is 107 cm³/mol. The van der Waals surface area contributed by atoms with E-state index in [0.717, 1.165) is 0 Å². The molecule has 4 atom stereocenters. The second kappa shape index (κ2) is 8.16. The topological polar surface area (TPSA) is 124 Å². The van der Waals surface area contributed by atoms with Crippen LogP contribution in [0.15, 0.2) is 24.3 Å². The molecule has 0 aromatic heterocycles. The van der Waals surface area contributed by atoms with Crippen molar-refractivity contribution in [2.24, 2.45) is 11.8 Å². The Kier molecular flexibility index (Phi) is 5.55. The van der Waals surface area contributed by atoms with E-state index >= 15 is 0 Å². The van der Waals surface area contributed by atoms with Crippen LogP contribution in [-0.2, 0) is 4.79 Å². The van der Waals surface area contributed by atoms with Crippen LogP contribution >= 0.6 is 0 Å². The molecule has 0 spiro atoms. The minimum absolute atomic E-state index is 0.0367. The molecule has 166 valence electrons. The lowest BCUT2D eigenvalue weighted by atomic mass is 9.65. The van der Waals surface area contributed by atoms with Crippen LogP contribution in [-0.4, -0.2) is 56.0 Å². The van der Waals surface area contributed by atoms with E-state index in [0.29, 0.717) is 45.4 Å². The van der Waals surface area contributed by atoms with E-state index < -0.39 is 36.4 Å². The van der Waals surface area contributed by atoms with E-state index in [1.165, 1.54) is 21.3 Å². The molecule has 2 aliphatic rings. The Morgan fingerprint density at radius 2 is 1.58 bits per heavy atom. The summed E-state index contributed by atoms with van der Waals surface area (Å²) in [6.07, 6.45) is -1.19. The molecule has 1 heterocycles. The fourth-order valence-corrected chi connectivity index (χ4v) is 4.57. The van der Waals surface area contributed by atoms with Crippen LogP contribution in [0.2, 0.25) is 0 Å². The van der Waals surface area contributed by atoms with Gasteiger partial charge in [0.15, 0.2) is 23.0 Å². The number of hydrogen-bond acceptors (Lipinski definition) is 8. The highest BCUT2D eigenvalue weighted by atomic mass is 16.7. The molecule has 0 saturated heterocycles. The Morgan fingerprint density at radius 1 is 1.00 bits per heavy atom. The van der Waals surface area contributed by atoms with Crippen molar-refractivity contribution in [1.82, 2.24) is 0 Å². The third-order valence-corrected chi connectivity index (χ3v) is 6.00. The third kappa shape index (κ3) is 3.30. The molecule has 1 aliphatic carbocycles. The molecule has 0 amide bonds. The van der Waals surface area contributed by atoms with E-state index in [1.807, 2.05) is 0 Å². The summed E-state index contributed by atoms with van der Waals surface area (Å²) in [6.45, 7) is -0.470. The molecular weight excluding hydrogens is 408 g/mol. The molecule has 0 saturated carbocycles. The molecule has 0 bridgehead atoms. The number of aliphatic hydroxyl groups excluding tert-OH is 2.